The molecule has 0 saturated heterocycles. The van der Waals surface area contributed by atoms with Gasteiger partial charge in [0.05, 0.1) is 29.0 Å². The predicted octanol–water partition coefficient (Wildman–Crippen LogP) is 7.67. The van der Waals surface area contributed by atoms with Crippen LogP contribution in [0.25, 0.3) is 0 Å². The normalized spacial score (nSPS) is 15.8. The van der Waals surface area contributed by atoms with Crippen LogP contribution >= 0.6 is 0 Å². The molecule has 5 aromatic rings. The van der Waals surface area contributed by atoms with Crippen molar-refractivity contribution >= 4 is 23.0 Å². The molecule has 0 unspecified atom stereocenters. The lowest BCUT2D eigenvalue weighted by atomic mass is 9.61. The fraction of sp³-hybridized carbons (Fsp3) is 0.0882. The maximum Gasteiger partial charge on any atom is 0.338 e. The fourth-order valence-corrected chi connectivity index (χ4v) is 6.56. The molecule has 0 radical (unpaired) electrons. The monoisotopic (exact) mass is 493 g/mol. The number of hydrogen-bond donors (Lipinski definition) is 0. The molecule has 0 aromatic heterocycles. The Hall–Kier alpha value is -4.83. The quantitative estimate of drug-likeness (QED) is 0.220. The van der Waals surface area contributed by atoms with Crippen molar-refractivity contribution in [3.63, 3.8) is 0 Å². The molecule has 0 fully saturated rings. The second kappa shape index (κ2) is 7.83. The van der Waals surface area contributed by atoms with Crippen LogP contribution in [0, 0.1) is 0 Å². The van der Waals surface area contributed by atoms with E-state index in [1.807, 2.05) is 24.3 Å². The second-order valence-corrected chi connectivity index (χ2v) is 9.94. The van der Waals surface area contributed by atoms with Gasteiger partial charge in [-0.3, -0.25) is 0 Å². The highest BCUT2D eigenvalue weighted by Gasteiger charge is 2.50. The summed E-state index contributed by atoms with van der Waals surface area (Å²) in [6.07, 6.45) is 0.716. The molecule has 1 spiro atoms. The maximum atomic E-state index is 12.4. The van der Waals surface area contributed by atoms with Gasteiger partial charge in [0, 0.05) is 23.2 Å². The van der Waals surface area contributed by atoms with Gasteiger partial charge in [0.15, 0.2) is 0 Å². The molecule has 0 saturated carbocycles. The van der Waals surface area contributed by atoms with Crippen LogP contribution in [0.1, 0.15) is 38.2 Å². The Bertz CT molecular complexity index is 1680. The number of cyclic esters (lactones) is 1. The zero-order valence-corrected chi connectivity index (χ0v) is 20.6. The van der Waals surface area contributed by atoms with Crippen molar-refractivity contribution in [2.24, 2.45) is 0 Å². The Morgan fingerprint density at radius 1 is 0.632 bits per heavy atom. The highest BCUT2D eigenvalue weighted by Crippen LogP contribution is 2.62. The maximum absolute atomic E-state index is 12.4. The largest absolute Gasteiger partial charge is 0.462 e. The van der Waals surface area contributed by atoms with E-state index < -0.39 is 5.41 Å². The minimum Gasteiger partial charge on any atom is -0.462 e. The first-order valence-corrected chi connectivity index (χ1v) is 12.9. The van der Waals surface area contributed by atoms with Crippen molar-refractivity contribution < 1.29 is 14.3 Å². The fourth-order valence-electron chi connectivity index (χ4n) is 6.56. The summed E-state index contributed by atoms with van der Waals surface area (Å²) in [7, 11) is 0. The molecule has 8 rings (SSSR count). The second-order valence-electron chi connectivity index (χ2n) is 9.94. The van der Waals surface area contributed by atoms with Crippen molar-refractivity contribution in [3.8, 4) is 11.5 Å². The minimum absolute atomic E-state index is 0.244. The Morgan fingerprint density at radius 2 is 1.18 bits per heavy atom. The number of esters is 1. The minimum atomic E-state index is -0.548. The van der Waals surface area contributed by atoms with E-state index in [0.29, 0.717) is 18.6 Å². The topological polar surface area (TPSA) is 38.8 Å². The standard InChI is InChI=1S/C34H23NO3/c36-33-24-18-17-23(21-22(24)19-20-37-33)35-29-13-5-1-9-25(29)34(26-10-2-6-14-30(26)35)27-11-3-7-15-31(27)38-32-16-8-4-12-28(32)34/h1-18,21H,19-20H2. The molecular formula is C34H23NO3. The number of fused-ring (bicyclic) bond motifs is 9. The number of carbonyl (C=O) groups excluding carboxylic acids is 1. The number of para-hydroxylation sites is 4. The van der Waals surface area contributed by atoms with E-state index in [1.54, 1.807) is 0 Å². The van der Waals surface area contributed by atoms with Crippen LogP contribution in [0.4, 0.5) is 17.1 Å². The van der Waals surface area contributed by atoms with Crippen LogP contribution < -0.4 is 9.64 Å². The summed E-state index contributed by atoms with van der Waals surface area (Å²) in [4.78, 5) is 14.7. The van der Waals surface area contributed by atoms with E-state index in [1.165, 1.54) is 11.1 Å². The number of carbonyl (C=O) groups is 1. The Morgan fingerprint density at radius 3 is 1.82 bits per heavy atom. The predicted molar refractivity (Wildman–Crippen MR) is 147 cm³/mol. The summed E-state index contributed by atoms with van der Waals surface area (Å²) >= 11 is 0. The molecule has 3 aliphatic rings. The number of rotatable bonds is 1. The molecule has 3 aliphatic heterocycles. The van der Waals surface area contributed by atoms with Crippen molar-refractivity contribution in [1.29, 1.82) is 0 Å². The molecule has 3 heterocycles. The van der Waals surface area contributed by atoms with Gasteiger partial charge < -0.3 is 14.4 Å². The number of anilines is 3. The highest BCUT2D eigenvalue weighted by atomic mass is 16.5. The summed E-state index contributed by atoms with van der Waals surface area (Å²) in [5.74, 6) is 1.50. The van der Waals surface area contributed by atoms with E-state index in [0.717, 1.165) is 45.3 Å². The van der Waals surface area contributed by atoms with Crippen LogP contribution in [-0.4, -0.2) is 12.6 Å². The van der Waals surface area contributed by atoms with Crippen molar-refractivity contribution in [2.45, 2.75) is 11.8 Å². The zero-order valence-electron chi connectivity index (χ0n) is 20.6. The third kappa shape index (κ3) is 2.72. The van der Waals surface area contributed by atoms with Crippen LogP contribution in [-0.2, 0) is 16.6 Å². The number of hydrogen-bond acceptors (Lipinski definition) is 4. The van der Waals surface area contributed by atoms with Gasteiger partial charge >= 0.3 is 5.97 Å². The first-order valence-electron chi connectivity index (χ1n) is 12.9. The zero-order chi connectivity index (χ0) is 25.3. The van der Waals surface area contributed by atoms with Crippen molar-refractivity contribution in [1.82, 2.24) is 0 Å². The lowest BCUT2D eigenvalue weighted by molar-refractivity contribution is 0.0480. The summed E-state index contributed by atoms with van der Waals surface area (Å²) in [6, 6.07) is 40.2. The first-order chi connectivity index (χ1) is 18.8. The van der Waals surface area contributed by atoms with E-state index in [4.69, 9.17) is 9.47 Å². The molecule has 0 amide bonds. The summed E-state index contributed by atoms with van der Waals surface area (Å²) in [6.45, 7) is 0.416. The van der Waals surface area contributed by atoms with Gasteiger partial charge in [0.2, 0.25) is 0 Å². The van der Waals surface area contributed by atoms with Crippen LogP contribution in [0.15, 0.2) is 115 Å². The van der Waals surface area contributed by atoms with Crippen molar-refractivity contribution in [3.05, 3.63) is 149 Å². The number of benzene rings is 5. The van der Waals surface area contributed by atoms with Crippen LogP contribution in [0.5, 0.6) is 11.5 Å². The Kier molecular flexibility index (Phi) is 4.38. The van der Waals surface area contributed by atoms with Gasteiger partial charge in [-0.25, -0.2) is 4.79 Å². The number of nitrogens with zero attached hydrogens (tertiary/aromatic N) is 1. The Balaban J connectivity index is 1.47. The molecule has 0 atom stereocenters. The van der Waals surface area contributed by atoms with Gasteiger partial charge in [0.1, 0.15) is 11.5 Å². The van der Waals surface area contributed by atoms with Gasteiger partial charge in [-0.2, -0.15) is 0 Å². The molecule has 0 bridgehead atoms. The van der Waals surface area contributed by atoms with E-state index >= 15 is 0 Å². The van der Waals surface area contributed by atoms with E-state index in [2.05, 4.69) is 95.9 Å². The third-order valence-corrected chi connectivity index (χ3v) is 8.07. The smallest absolute Gasteiger partial charge is 0.338 e. The van der Waals surface area contributed by atoms with Gasteiger partial charge in [-0.1, -0.05) is 72.8 Å². The van der Waals surface area contributed by atoms with Gasteiger partial charge in [-0.05, 0) is 59.2 Å². The molecule has 0 N–H and O–H groups in total. The number of ether oxygens (including phenoxy) is 2. The summed E-state index contributed by atoms with van der Waals surface area (Å²) in [5, 5.41) is 0. The highest BCUT2D eigenvalue weighted by molar-refractivity contribution is 5.95. The summed E-state index contributed by atoms with van der Waals surface area (Å²) in [5.41, 5.74) is 9.02. The Labute approximate surface area is 220 Å². The molecule has 5 aromatic carbocycles. The summed E-state index contributed by atoms with van der Waals surface area (Å²) < 4.78 is 11.7. The molecular weight excluding hydrogens is 470 g/mol. The van der Waals surface area contributed by atoms with Crippen LogP contribution in [0.2, 0.25) is 0 Å². The van der Waals surface area contributed by atoms with Gasteiger partial charge in [0.25, 0.3) is 0 Å². The molecule has 38 heavy (non-hydrogen) atoms. The average molecular weight is 494 g/mol. The lowest BCUT2D eigenvalue weighted by Gasteiger charge is -2.48. The molecule has 4 heteroatoms. The average Bonchev–Trinajstić information content (AvgIpc) is 2.97. The van der Waals surface area contributed by atoms with Crippen LogP contribution in [0.3, 0.4) is 0 Å². The van der Waals surface area contributed by atoms with E-state index in [-0.39, 0.29) is 5.97 Å². The van der Waals surface area contributed by atoms with Gasteiger partial charge in [-0.15, -0.1) is 0 Å². The SMILES string of the molecule is O=C1OCCc2cc(N3c4ccccc4C4(c5ccccc5Oc5ccccc54)c4ccccc43)ccc21. The molecule has 0 aliphatic carbocycles. The molecule has 182 valence electrons. The first kappa shape index (κ1) is 21.3. The van der Waals surface area contributed by atoms with Crippen molar-refractivity contribution in [2.75, 3.05) is 11.5 Å². The molecule has 4 nitrogen and oxygen atoms in total. The lowest BCUT2D eigenvalue weighted by Crippen LogP contribution is -2.39. The van der Waals surface area contributed by atoms with E-state index in [9.17, 15) is 4.79 Å². The third-order valence-electron chi connectivity index (χ3n) is 8.07.